The molecule has 23 heavy (non-hydrogen) atoms. The summed E-state index contributed by atoms with van der Waals surface area (Å²) in [6, 6.07) is 1.25. The third-order valence-electron chi connectivity index (χ3n) is 3.84. The largest absolute Gasteiger partial charge is 0.417 e. The third kappa shape index (κ3) is 4.17. The monoisotopic (exact) mass is 339 g/mol. The van der Waals surface area contributed by atoms with Crippen molar-refractivity contribution in [3.05, 3.63) is 34.9 Å². The van der Waals surface area contributed by atoms with Crippen LogP contribution in [0.4, 0.5) is 26.3 Å². The maximum absolute atomic E-state index is 13.0. The highest BCUT2D eigenvalue weighted by Gasteiger charge is 2.43. The van der Waals surface area contributed by atoms with E-state index in [0.29, 0.717) is 31.0 Å². The van der Waals surface area contributed by atoms with Crippen molar-refractivity contribution in [2.45, 2.75) is 50.5 Å². The Morgan fingerprint density at radius 1 is 0.913 bits per heavy atom. The molecule has 8 heteroatoms. The molecule has 0 radical (unpaired) electrons. The Balaban J connectivity index is 2.42. The van der Waals surface area contributed by atoms with Crippen LogP contribution in [0.25, 0.3) is 0 Å². The topological polar surface area (TPSA) is 29.1 Å². The molecule has 2 nitrogen and oxygen atoms in total. The van der Waals surface area contributed by atoms with E-state index in [0.717, 1.165) is 19.3 Å². The lowest BCUT2D eigenvalue weighted by Gasteiger charge is -2.25. The van der Waals surface area contributed by atoms with Gasteiger partial charge in [0.2, 0.25) is 0 Å². The van der Waals surface area contributed by atoms with Gasteiger partial charge in [0.25, 0.3) is 5.91 Å². The average molecular weight is 339 g/mol. The molecule has 128 valence electrons. The van der Waals surface area contributed by atoms with Crippen LogP contribution in [-0.4, -0.2) is 11.9 Å². The fourth-order valence-electron chi connectivity index (χ4n) is 2.77. The summed E-state index contributed by atoms with van der Waals surface area (Å²) < 4.78 is 78.0. The van der Waals surface area contributed by atoms with E-state index in [2.05, 4.69) is 5.32 Å². The average Bonchev–Trinajstić information content (AvgIpc) is 2.45. The molecule has 1 N–H and O–H groups in total. The lowest BCUT2D eigenvalue weighted by molar-refractivity contribution is -0.143. The number of amides is 1. The highest BCUT2D eigenvalue weighted by atomic mass is 19.4. The Kier molecular flexibility index (Phi) is 4.91. The second-order valence-corrected chi connectivity index (χ2v) is 5.53. The maximum atomic E-state index is 13.0. The fourth-order valence-corrected chi connectivity index (χ4v) is 2.77. The van der Waals surface area contributed by atoms with Gasteiger partial charge in [-0.2, -0.15) is 26.3 Å². The molecule has 0 saturated heterocycles. The van der Waals surface area contributed by atoms with Gasteiger partial charge in [-0.3, -0.25) is 4.79 Å². The first-order valence-corrected chi connectivity index (χ1v) is 7.19. The van der Waals surface area contributed by atoms with Crippen LogP contribution in [-0.2, 0) is 12.4 Å². The Morgan fingerprint density at radius 3 is 1.83 bits per heavy atom. The number of carbonyl (C=O) groups excluding carboxylic acids is 1. The summed E-state index contributed by atoms with van der Waals surface area (Å²) >= 11 is 0. The number of hydrogen-bond donors (Lipinski definition) is 1. The number of benzene rings is 1. The second-order valence-electron chi connectivity index (χ2n) is 5.53. The first kappa shape index (κ1) is 17.6. The first-order valence-electron chi connectivity index (χ1n) is 7.19. The van der Waals surface area contributed by atoms with Gasteiger partial charge in [0, 0.05) is 6.04 Å². The van der Waals surface area contributed by atoms with Gasteiger partial charge < -0.3 is 5.32 Å². The van der Waals surface area contributed by atoms with E-state index in [9.17, 15) is 31.1 Å². The van der Waals surface area contributed by atoms with E-state index in [-0.39, 0.29) is 0 Å². The quantitative estimate of drug-likeness (QED) is 0.772. The van der Waals surface area contributed by atoms with E-state index in [1.54, 1.807) is 0 Å². The molecule has 1 aliphatic rings. The summed E-state index contributed by atoms with van der Waals surface area (Å²) in [4.78, 5) is 12.1. The van der Waals surface area contributed by atoms with E-state index in [1.165, 1.54) is 0 Å². The summed E-state index contributed by atoms with van der Waals surface area (Å²) in [6.07, 6.45) is -6.45. The Bertz CT molecular complexity index is 540. The number of carbonyl (C=O) groups is 1. The maximum Gasteiger partial charge on any atom is 0.417 e. The SMILES string of the molecule is O=C(NC1CCCCC1)c1c(C(F)(F)F)cccc1C(F)(F)F. The zero-order chi connectivity index (χ0) is 17.3. The summed E-state index contributed by atoms with van der Waals surface area (Å²) in [6.45, 7) is 0. The molecule has 1 amide bonds. The van der Waals surface area contributed by atoms with Crippen LogP contribution in [0.3, 0.4) is 0 Å². The van der Waals surface area contributed by atoms with Crippen molar-refractivity contribution in [3.63, 3.8) is 0 Å². The molecular formula is C15H15F6NO. The summed E-state index contributed by atoms with van der Waals surface area (Å²) in [5, 5.41) is 2.32. The molecule has 0 unspecified atom stereocenters. The van der Waals surface area contributed by atoms with Crippen molar-refractivity contribution in [1.82, 2.24) is 5.32 Å². The molecule has 1 saturated carbocycles. The van der Waals surface area contributed by atoms with Gasteiger partial charge in [0.15, 0.2) is 0 Å². The minimum Gasteiger partial charge on any atom is -0.349 e. The Labute approximate surface area is 128 Å². The standard InChI is InChI=1S/C15H15F6NO/c16-14(17,18)10-7-4-8-11(15(19,20)21)12(10)13(23)22-9-5-2-1-3-6-9/h4,7-9H,1-3,5-6H2,(H,22,23). The molecule has 0 aromatic heterocycles. The van der Waals surface area contributed by atoms with Gasteiger partial charge in [-0.25, -0.2) is 0 Å². The minimum absolute atomic E-state index is 0.390. The van der Waals surface area contributed by atoms with Crippen molar-refractivity contribution in [3.8, 4) is 0 Å². The van der Waals surface area contributed by atoms with Gasteiger partial charge in [-0.1, -0.05) is 25.3 Å². The van der Waals surface area contributed by atoms with Gasteiger partial charge in [-0.15, -0.1) is 0 Å². The minimum atomic E-state index is -5.04. The first-order chi connectivity index (χ1) is 10.6. The zero-order valence-corrected chi connectivity index (χ0v) is 12.0. The molecule has 0 aliphatic heterocycles. The zero-order valence-electron chi connectivity index (χ0n) is 12.0. The number of rotatable bonds is 2. The third-order valence-corrected chi connectivity index (χ3v) is 3.84. The molecule has 1 aromatic rings. The molecule has 0 bridgehead atoms. The molecule has 0 spiro atoms. The van der Waals surface area contributed by atoms with Crippen LogP contribution in [0, 0.1) is 0 Å². The number of halogens is 6. The van der Waals surface area contributed by atoms with Crippen molar-refractivity contribution < 1.29 is 31.1 Å². The predicted molar refractivity (Wildman–Crippen MR) is 70.8 cm³/mol. The smallest absolute Gasteiger partial charge is 0.349 e. The number of alkyl halides is 6. The van der Waals surface area contributed by atoms with Crippen molar-refractivity contribution in [2.24, 2.45) is 0 Å². The van der Waals surface area contributed by atoms with Crippen LogP contribution in [0.15, 0.2) is 18.2 Å². The van der Waals surface area contributed by atoms with Crippen LogP contribution < -0.4 is 5.32 Å². The Hall–Kier alpha value is -1.73. The highest BCUT2D eigenvalue weighted by molar-refractivity contribution is 5.97. The molecular weight excluding hydrogens is 324 g/mol. The van der Waals surface area contributed by atoms with Gasteiger partial charge >= 0.3 is 12.4 Å². The molecule has 1 aliphatic carbocycles. The predicted octanol–water partition coefficient (Wildman–Crippen LogP) is 4.79. The van der Waals surface area contributed by atoms with Crippen LogP contribution in [0.1, 0.15) is 53.6 Å². The normalized spacial score (nSPS) is 17.1. The highest BCUT2D eigenvalue weighted by Crippen LogP contribution is 2.39. The molecule has 1 aromatic carbocycles. The lowest BCUT2D eigenvalue weighted by atomic mass is 9.94. The number of nitrogens with one attached hydrogen (secondary N) is 1. The summed E-state index contributed by atoms with van der Waals surface area (Å²) in [7, 11) is 0. The number of hydrogen-bond acceptors (Lipinski definition) is 1. The van der Waals surface area contributed by atoms with E-state index in [4.69, 9.17) is 0 Å². The van der Waals surface area contributed by atoms with Crippen LogP contribution >= 0.6 is 0 Å². The van der Waals surface area contributed by atoms with Crippen LogP contribution in [0.2, 0.25) is 0 Å². The fraction of sp³-hybridized carbons (Fsp3) is 0.533. The van der Waals surface area contributed by atoms with E-state index >= 15 is 0 Å². The molecule has 1 fully saturated rings. The van der Waals surface area contributed by atoms with E-state index < -0.39 is 41.0 Å². The lowest BCUT2D eigenvalue weighted by Crippen LogP contribution is -2.38. The molecule has 0 atom stereocenters. The van der Waals surface area contributed by atoms with Gasteiger partial charge in [0.05, 0.1) is 16.7 Å². The second kappa shape index (κ2) is 6.41. The van der Waals surface area contributed by atoms with Crippen LogP contribution in [0.5, 0.6) is 0 Å². The summed E-state index contributed by atoms with van der Waals surface area (Å²) in [5.41, 5.74) is -4.49. The van der Waals surface area contributed by atoms with Crippen molar-refractivity contribution in [2.75, 3.05) is 0 Å². The van der Waals surface area contributed by atoms with Crippen molar-refractivity contribution in [1.29, 1.82) is 0 Å². The Morgan fingerprint density at radius 2 is 1.39 bits per heavy atom. The van der Waals surface area contributed by atoms with Gasteiger partial charge in [-0.05, 0) is 25.0 Å². The van der Waals surface area contributed by atoms with E-state index in [1.807, 2.05) is 0 Å². The summed E-state index contributed by atoms with van der Waals surface area (Å²) in [5.74, 6) is -1.32. The van der Waals surface area contributed by atoms with Crippen molar-refractivity contribution >= 4 is 5.91 Å². The van der Waals surface area contributed by atoms with Gasteiger partial charge in [0.1, 0.15) is 0 Å². The molecule has 0 heterocycles. The molecule has 2 rings (SSSR count).